The molecule has 4 aromatic rings. The molecule has 126 valence electrons. The summed E-state index contributed by atoms with van der Waals surface area (Å²) in [6.45, 7) is 4.30. The molecular formula is C18H19N7. The van der Waals surface area contributed by atoms with Gasteiger partial charge in [-0.25, -0.2) is 4.98 Å². The van der Waals surface area contributed by atoms with Gasteiger partial charge >= 0.3 is 0 Å². The van der Waals surface area contributed by atoms with Crippen LogP contribution in [0.1, 0.15) is 6.42 Å². The Morgan fingerprint density at radius 2 is 2.04 bits per heavy atom. The van der Waals surface area contributed by atoms with Gasteiger partial charge in [-0.1, -0.05) is 6.07 Å². The summed E-state index contributed by atoms with van der Waals surface area (Å²) in [5.41, 5.74) is 9.97. The summed E-state index contributed by atoms with van der Waals surface area (Å²) in [5, 5.41) is 13.7. The van der Waals surface area contributed by atoms with Crippen LogP contribution < -0.4 is 5.73 Å². The number of hydrogen-bond donors (Lipinski definition) is 2. The third-order valence-electron chi connectivity index (χ3n) is 4.94. The highest BCUT2D eigenvalue weighted by Crippen LogP contribution is 2.29. The molecule has 0 spiro atoms. The Bertz CT molecular complexity index is 1040. The number of aromatic amines is 1. The maximum atomic E-state index is 6.20. The van der Waals surface area contributed by atoms with Crippen molar-refractivity contribution in [3.8, 4) is 11.3 Å². The molecule has 7 nitrogen and oxygen atoms in total. The lowest BCUT2D eigenvalue weighted by atomic mass is 10.1. The molecule has 0 radical (unpaired) electrons. The van der Waals surface area contributed by atoms with Gasteiger partial charge in [-0.2, -0.15) is 10.2 Å². The Morgan fingerprint density at radius 3 is 2.80 bits per heavy atom. The number of benzene rings is 1. The lowest BCUT2D eigenvalue weighted by Crippen LogP contribution is -2.39. The highest BCUT2D eigenvalue weighted by Gasteiger charge is 2.15. The van der Waals surface area contributed by atoms with Gasteiger partial charge in [0.15, 0.2) is 0 Å². The predicted octanol–water partition coefficient (Wildman–Crippen LogP) is 2.26. The van der Waals surface area contributed by atoms with Crippen LogP contribution in [0.2, 0.25) is 0 Å². The summed E-state index contributed by atoms with van der Waals surface area (Å²) < 4.78 is 1.99. The van der Waals surface area contributed by atoms with Crippen molar-refractivity contribution in [2.24, 2.45) is 0 Å². The minimum atomic E-state index is 0.527. The fourth-order valence-corrected chi connectivity index (χ4v) is 3.37. The van der Waals surface area contributed by atoms with Crippen LogP contribution in [0, 0.1) is 0 Å². The number of nitrogens with one attached hydrogen (secondary N) is 1. The first-order valence-electron chi connectivity index (χ1n) is 8.56. The number of likely N-dealkylation sites (tertiary alicyclic amines) is 1. The maximum Gasteiger partial charge on any atom is 0.135 e. The average Bonchev–Trinajstić information content (AvgIpc) is 3.23. The van der Waals surface area contributed by atoms with Crippen molar-refractivity contribution in [1.29, 1.82) is 0 Å². The highest BCUT2D eigenvalue weighted by molar-refractivity contribution is 6.08. The zero-order valence-electron chi connectivity index (χ0n) is 13.8. The van der Waals surface area contributed by atoms with Crippen LogP contribution in [-0.2, 0) is 6.54 Å². The molecule has 1 saturated heterocycles. The van der Waals surface area contributed by atoms with Gasteiger partial charge in [0.05, 0.1) is 23.1 Å². The molecule has 0 bridgehead atoms. The van der Waals surface area contributed by atoms with Gasteiger partial charge in [-0.15, -0.1) is 0 Å². The molecule has 25 heavy (non-hydrogen) atoms. The molecule has 1 aromatic carbocycles. The highest BCUT2D eigenvalue weighted by atomic mass is 15.3. The Hall–Kier alpha value is -2.93. The van der Waals surface area contributed by atoms with E-state index in [1.807, 2.05) is 23.0 Å². The fourth-order valence-electron chi connectivity index (χ4n) is 3.37. The number of nitrogens with zero attached hydrogens (tertiary/aromatic N) is 5. The number of H-pyrrole nitrogens is 1. The summed E-state index contributed by atoms with van der Waals surface area (Å²) in [6, 6.07) is 8.09. The first-order chi connectivity index (χ1) is 12.3. The van der Waals surface area contributed by atoms with E-state index in [1.165, 1.54) is 19.5 Å². The van der Waals surface area contributed by atoms with Crippen molar-refractivity contribution in [2.75, 3.05) is 25.4 Å². The van der Waals surface area contributed by atoms with Crippen LogP contribution in [0.4, 0.5) is 5.82 Å². The number of rotatable bonds is 4. The van der Waals surface area contributed by atoms with Crippen LogP contribution in [0.5, 0.6) is 0 Å². The molecule has 3 aromatic heterocycles. The molecule has 1 aliphatic rings. The Balaban J connectivity index is 1.57. The molecule has 0 saturated carbocycles. The average molecular weight is 333 g/mol. The van der Waals surface area contributed by atoms with Gasteiger partial charge in [0.1, 0.15) is 11.3 Å². The van der Waals surface area contributed by atoms with E-state index in [-0.39, 0.29) is 0 Å². The number of hydrogen-bond acceptors (Lipinski definition) is 5. The topological polar surface area (TPSA) is 88.6 Å². The van der Waals surface area contributed by atoms with E-state index in [0.717, 1.165) is 46.2 Å². The van der Waals surface area contributed by atoms with E-state index in [0.29, 0.717) is 5.82 Å². The molecule has 5 rings (SSSR count). The first kappa shape index (κ1) is 14.4. The number of nitrogens with two attached hydrogens (primary N) is 1. The standard InChI is InChI=1S/C18H19N7/c19-18-14-11-25(9-8-24-6-1-7-24)23-17(14)13-3-2-12(10-16(13)21-18)15-4-5-20-22-15/h2-5,10-11H,1,6-9H2,(H2,19,21)(H,20,22). The summed E-state index contributed by atoms with van der Waals surface area (Å²) in [5.74, 6) is 0.527. The van der Waals surface area contributed by atoms with E-state index in [1.54, 1.807) is 6.20 Å². The van der Waals surface area contributed by atoms with Gasteiger partial charge in [0, 0.05) is 29.9 Å². The van der Waals surface area contributed by atoms with E-state index in [2.05, 4.69) is 32.2 Å². The van der Waals surface area contributed by atoms with E-state index in [4.69, 9.17) is 10.8 Å². The van der Waals surface area contributed by atoms with Crippen molar-refractivity contribution in [1.82, 2.24) is 29.9 Å². The van der Waals surface area contributed by atoms with Crippen molar-refractivity contribution in [3.05, 3.63) is 36.7 Å². The second-order valence-electron chi connectivity index (χ2n) is 6.55. The number of aromatic nitrogens is 5. The number of pyridine rings is 1. The fraction of sp³-hybridized carbons (Fsp3) is 0.278. The molecule has 0 atom stereocenters. The van der Waals surface area contributed by atoms with Gasteiger partial charge in [-0.05, 0) is 37.7 Å². The number of anilines is 1. The molecule has 4 heterocycles. The summed E-state index contributed by atoms with van der Waals surface area (Å²) in [4.78, 5) is 7.02. The number of nitrogen functional groups attached to an aromatic ring is 1. The lowest BCUT2D eigenvalue weighted by molar-refractivity contribution is 0.172. The minimum Gasteiger partial charge on any atom is -0.383 e. The van der Waals surface area contributed by atoms with Gasteiger partial charge in [0.2, 0.25) is 0 Å². The quantitative estimate of drug-likeness (QED) is 0.598. The van der Waals surface area contributed by atoms with E-state index in [9.17, 15) is 0 Å². The van der Waals surface area contributed by atoms with Gasteiger partial charge in [-0.3, -0.25) is 9.78 Å². The van der Waals surface area contributed by atoms with Crippen LogP contribution >= 0.6 is 0 Å². The molecule has 3 N–H and O–H groups in total. The Morgan fingerprint density at radius 1 is 1.12 bits per heavy atom. The molecule has 1 fully saturated rings. The third-order valence-corrected chi connectivity index (χ3v) is 4.94. The Kier molecular flexibility index (Phi) is 3.21. The Labute approximate surface area is 144 Å². The summed E-state index contributed by atoms with van der Waals surface area (Å²) in [6.07, 6.45) is 5.06. The van der Waals surface area contributed by atoms with Crippen LogP contribution in [0.25, 0.3) is 33.1 Å². The summed E-state index contributed by atoms with van der Waals surface area (Å²) >= 11 is 0. The second kappa shape index (κ2) is 5.56. The van der Waals surface area contributed by atoms with E-state index >= 15 is 0 Å². The largest absolute Gasteiger partial charge is 0.383 e. The number of fused-ring (bicyclic) bond motifs is 3. The molecule has 7 heteroatoms. The predicted molar refractivity (Wildman–Crippen MR) is 98.1 cm³/mol. The molecular weight excluding hydrogens is 314 g/mol. The van der Waals surface area contributed by atoms with Crippen molar-refractivity contribution < 1.29 is 0 Å². The first-order valence-corrected chi connectivity index (χ1v) is 8.56. The molecule has 0 amide bonds. The molecule has 1 aliphatic heterocycles. The summed E-state index contributed by atoms with van der Waals surface area (Å²) in [7, 11) is 0. The molecule has 0 aliphatic carbocycles. The van der Waals surface area contributed by atoms with Crippen molar-refractivity contribution in [2.45, 2.75) is 13.0 Å². The second-order valence-corrected chi connectivity index (χ2v) is 6.55. The lowest BCUT2D eigenvalue weighted by Gasteiger charge is -2.30. The maximum absolute atomic E-state index is 6.20. The van der Waals surface area contributed by atoms with Gasteiger partial charge < -0.3 is 10.6 Å². The molecule has 0 unspecified atom stereocenters. The van der Waals surface area contributed by atoms with Gasteiger partial charge in [0.25, 0.3) is 0 Å². The minimum absolute atomic E-state index is 0.527. The monoisotopic (exact) mass is 333 g/mol. The zero-order valence-corrected chi connectivity index (χ0v) is 13.8. The normalized spacial score (nSPS) is 15.0. The third kappa shape index (κ3) is 2.44. The SMILES string of the molecule is Nc1nc2cc(-c3ccn[nH]3)ccc2c2nn(CCN3CCC3)cc12. The van der Waals surface area contributed by atoms with Crippen LogP contribution in [0.15, 0.2) is 36.7 Å². The smallest absolute Gasteiger partial charge is 0.135 e. The zero-order chi connectivity index (χ0) is 16.8. The van der Waals surface area contributed by atoms with Crippen LogP contribution in [0.3, 0.4) is 0 Å². The van der Waals surface area contributed by atoms with Crippen molar-refractivity contribution in [3.63, 3.8) is 0 Å². The van der Waals surface area contributed by atoms with Crippen molar-refractivity contribution >= 4 is 27.6 Å². The van der Waals surface area contributed by atoms with E-state index < -0.39 is 0 Å². The van der Waals surface area contributed by atoms with Crippen LogP contribution in [-0.4, -0.2) is 49.5 Å².